The van der Waals surface area contributed by atoms with Crippen LogP contribution in [0.3, 0.4) is 0 Å². The monoisotopic (exact) mass is 256 g/mol. The third kappa shape index (κ3) is 10.6. The van der Waals surface area contributed by atoms with Crippen molar-refractivity contribution >= 4 is 5.91 Å². The van der Waals surface area contributed by atoms with Crippen molar-refractivity contribution in [3.05, 3.63) is 0 Å². The fraction of sp³-hybridized carbons (Fsp3) is 0.933. The third-order valence-electron chi connectivity index (χ3n) is 3.34. The molecule has 0 aromatic heterocycles. The van der Waals surface area contributed by atoms with E-state index in [4.69, 9.17) is 5.73 Å². The van der Waals surface area contributed by atoms with E-state index in [1.54, 1.807) is 0 Å². The molecule has 0 fully saturated rings. The number of amides is 1. The summed E-state index contributed by atoms with van der Waals surface area (Å²) in [5.41, 5.74) is 5.66. The topological polar surface area (TPSA) is 55.1 Å². The molecular weight excluding hydrogens is 224 g/mol. The van der Waals surface area contributed by atoms with Gasteiger partial charge >= 0.3 is 0 Å². The molecule has 1 amide bonds. The first-order valence-corrected chi connectivity index (χ1v) is 7.48. The fourth-order valence-electron chi connectivity index (χ4n) is 1.97. The average Bonchev–Trinajstić information content (AvgIpc) is 2.31. The number of nitrogens with two attached hydrogens (primary N) is 1. The first-order valence-electron chi connectivity index (χ1n) is 7.48. The minimum atomic E-state index is 0.117. The zero-order valence-corrected chi connectivity index (χ0v) is 12.6. The molecule has 108 valence electrons. The van der Waals surface area contributed by atoms with Crippen molar-refractivity contribution in [2.75, 3.05) is 13.1 Å². The van der Waals surface area contributed by atoms with Crippen LogP contribution in [0.2, 0.25) is 0 Å². The second kappa shape index (κ2) is 10.4. The normalized spacial score (nSPS) is 11.6. The molecule has 0 saturated carbocycles. The van der Waals surface area contributed by atoms with Crippen LogP contribution in [-0.2, 0) is 4.79 Å². The summed E-state index contributed by atoms with van der Waals surface area (Å²) in [5.74, 6) is 0.190. The molecule has 0 bridgehead atoms. The standard InChI is InChI=1S/C15H32N2O/c1-4-5-6-7-8-9-10-14(18)17-13-15(2,3)11-12-16/h4-13,16H2,1-3H3,(H,17,18). The van der Waals surface area contributed by atoms with E-state index in [1.807, 2.05) is 0 Å². The van der Waals surface area contributed by atoms with Gasteiger partial charge in [-0.25, -0.2) is 0 Å². The molecule has 0 aliphatic rings. The number of carbonyl (C=O) groups excluding carboxylic acids is 1. The minimum absolute atomic E-state index is 0.117. The van der Waals surface area contributed by atoms with Gasteiger partial charge in [0.15, 0.2) is 0 Å². The molecular formula is C15H32N2O. The lowest BCUT2D eigenvalue weighted by Gasteiger charge is -2.24. The summed E-state index contributed by atoms with van der Waals surface area (Å²) in [4.78, 5) is 11.6. The van der Waals surface area contributed by atoms with Gasteiger partial charge in [0.2, 0.25) is 5.91 Å². The van der Waals surface area contributed by atoms with E-state index in [0.29, 0.717) is 13.0 Å². The van der Waals surface area contributed by atoms with Crippen molar-refractivity contribution in [1.29, 1.82) is 0 Å². The maximum atomic E-state index is 11.6. The second-order valence-electron chi connectivity index (χ2n) is 6.00. The zero-order chi connectivity index (χ0) is 13.9. The fourth-order valence-corrected chi connectivity index (χ4v) is 1.97. The molecule has 0 unspecified atom stereocenters. The number of carbonyl (C=O) groups is 1. The third-order valence-corrected chi connectivity index (χ3v) is 3.34. The van der Waals surface area contributed by atoms with E-state index in [9.17, 15) is 4.79 Å². The lowest BCUT2D eigenvalue weighted by molar-refractivity contribution is -0.121. The number of hydrogen-bond acceptors (Lipinski definition) is 2. The minimum Gasteiger partial charge on any atom is -0.356 e. The number of unbranched alkanes of at least 4 members (excludes halogenated alkanes) is 5. The Balaban J connectivity index is 3.48. The molecule has 0 aliphatic heterocycles. The molecule has 0 saturated heterocycles. The Bertz CT molecular complexity index is 215. The Morgan fingerprint density at radius 3 is 2.33 bits per heavy atom. The molecule has 3 nitrogen and oxygen atoms in total. The Hall–Kier alpha value is -0.570. The highest BCUT2D eigenvalue weighted by atomic mass is 16.1. The summed E-state index contributed by atoms with van der Waals surface area (Å²) in [6.07, 6.45) is 8.99. The molecule has 0 heterocycles. The number of hydrogen-bond donors (Lipinski definition) is 2. The average molecular weight is 256 g/mol. The first-order chi connectivity index (χ1) is 8.52. The highest BCUT2D eigenvalue weighted by Crippen LogP contribution is 2.17. The highest BCUT2D eigenvalue weighted by Gasteiger charge is 2.17. The molecule has 0 aliphatic carbocycles. The predicted octanol–water partition coefficient (Wildman–Crippen LogP) is 3.23. The summed E-state index contributed by atoms with van der Waals surface area (Å²) in [7, 11) is 0. The Morgan fingerprint density at radius 2 is 1.72 bits per heavy atom. The van der Waals surface area contributed by atoms with Gasteiger partial charge in [-0.1, -0.05) is 52.9 Å². The summed E-state index contributed by atoms with van der Waals surface area (Å²) in [6.45, 7) is 7.92. The molecule has 0 atom stereocenters. The molecule has 0 aromatic rings. The molecule has 0 aromatic carbocycles. The van der Waals surface area contributed by atoms with Crippen molar-refractivity contribution < 1.29 is 4.79 Å². The predicted molar refractivity (Wildman–Crippen MR) is 78.5 cm³/mol. The molecule has 0 rings (SSSR count). The molecule has 3 heteroatoms. The van der Waals surface area contributed by atoms with Crippen LogP contribution in [0, 0.1) is 5.41 Å². The summed E-state index contributed by atoms with van der Waals surface area (Å²) >= 11 is 0. The van der Waals surface area contributed by atoms with E-state index in [0.717, 1.165) is 19.4 Å². The van der Waals surface area contributed by atoms with Gasteiger partial charge in [0.25, 0.3) is 0 Å². The smallest absolute Gasteiger partial charge is 0.220 e. The maximum Gasteiger partial charge on any atom is 0.220 e. The van der Waals surface area contributed by atoms with E-state index < -0.39 is 0 Å². The largest absolute Gasteiger partial charge is 0.356 e. The summed E-state index contributed by atoms with van der Waals surface area (Å²) < 4.78 is 0. The SMILES string of the molecule is CCCCCCCCC(=O)NCC(C)(C)CCN. The van der Waals surface area contributed by atoms with Crippen molar-refractivity contribution in [2.24, 2.45) is 11.1 Å². The van der Waals surface area contributed by atoms with Crippen LogP contribution in [-0.4, -0.2) is 19.0 Å². The maximum absolute atomic E-state index is 11.6. The van der Waals surface area contributed by atoms with Crippen LogP contribution in [0.1, 0.15) is 72.1 Å². The van der Waals surface area contributed by atoms with Crippen LogP contribution in [0.4, 0.5) is 0 Å². The van der Waals surface area contributed by atoms with Crippen LogP contribution in [0.5, 0.6) is 0 Å². The quantitative estimate of drug-likeness (QED) is 0.558. The Labute approximate surface area is 113 Å². The summed E-state index contributed by atoms with van der Waals surface area (Å²) in [5, 5.41) is 3.02. The highest BCUT2D eigenvalue weighted by molar-refractivity contribution is 5.75. The van der Waals surface area contributed by atoms with Crippen molar-refractivity contribution in [3.8, 4) is 0 Å². The van der Waals surface area contributed by atoms with Gasteiger partial charge in [0.1, 0.15) is 0 Å². The van der Waals surface area contributed by atoms with Crippen molar-refractivity contribution in [2.45, 2.75) is 72.1 Å². The van der Waals surface area contributed by atoms with E-state index in [2.05, 4.69) is 26.1 Å². The first kappa shape index (κ1) is 17.4. The lowest BCUT2D eigenvalue weighted by Crippen LogP contribution is -2.35. The van der Waals surface area contributed by atoms with Gasteiger partial charge in [-0.2, -0.15) is 0 Å². The van der Waals surface area contributed by atoms with E-state index in [1.165, 1.54) is 32.1 Å². The van der Waals surface area contributed by atoms with Gasteiger partial charge in [-0.3, -0.25) is 4.79 Å². The molecule has 3 N–H and O–H groups in total. The van der Waals surface area contributed by atoms with E-state index >= 15 is 0 Å². The van der Waals surface area contributed by atoms with Crippen LogP contribution < -0.4 is 11.1 Å². The molecule has 18 heavy (non-hydrogen) atoms. The number of nitrogens with one attached hydrogen (secondary N) is 1. The van der Waals surface area contributed by atoms with E-state index in [-0.39, 0.29) is 11.3 Å². The van der Waals surface area contributed by atoms with Crippen LogP contribution in [0.15, 0.2) is 0 Å². The molecule has 0 radical (unpaired) electrons. The van der Waals surface area contributed by atoms with Crippen LogP contribution >= 0.6 is 0 Å². The Morgan fingerprint density at radius 1 is 1.11 bits per heavy atom. The zero-order valence-electron chi connectivity index (χ0n) is 12.6. The lowest BCUT2D eigenvalue weighted by atomic mass is 9.89. The number of rotatable bonds is 11. The van der Waals surface area contributed by atoms with Gasteiger partial charge < -0.3 is 11.1 Å². The van der Waals surface area contributed by atoms with Crippen LogP contribution in [0.25, 0.3) is 0 Å². The molecule has 0 spiro atoms. The van der Waals surface area contributed by atoms with Gasteiger partial charge in [0.05, 0.1) is 0 Å². The van der Waals surface area contributed by atoms with Crippen molar-refractivity contribution in [3.63, 3.8) is 0 Å². The van der Waals surface area contributed by atoms with Gasteiger partial charge in [-0.15, -0.1) is 0 Å². The summed E-state index contributed by atoms with van der Waals surface area (Å²) in [6, 6.07) is 0. The second-order valence-corrected chi connectivity index (χ2v) is 6.00. The van der Waals surface area contributed by atoms with Gasteiger partial charge in [0, 0.05) is 13.0 Å². The van der Waals surface area contributed by atoms with Gasteiger partial charge in [-0.05, 0) is 24.8 Å². The Kier molecular flexibility index (Phi) is 10.0. The van der Waals surface area contributed by atoms with Crippen molar-refractivity contribution in [1.82, 2.24) is 5.32 Å².